The summed E-state index contributed by atoms with van der Waals surface area (Å²) < 4.78 is 37.9. The zero-order valence-corrected chi connectivity index (χ0v) is 10.4. The van der Waals surface area contributed by atoms with Gasteiger partial charge in [-0.15, -0.1) is 0 Å². The summed E-state index contributed by atoms with van der Waals surface area (Å²) in [6.45, 7) is 0.0636. The van der Waals surface area contributed by atoms with E-state index in [4.69, 9.17) is 9.47 Å². The van der Waals surface area contributed by atoms with Gasteiger partial charge in [-0.25, -0.2) is 8.78 Å². The Labute approximate surface area is 114 Å². The molecule has 0 amide bonds. The maximum atomic E-state index is 13.7. The Hall–Kier alpha value is -2.14. The van der Waals surface area contributed by atoms with Crippen LogP contribution in [0.4, 0.5) is 8.78 Å². The molecule has 0 aliphatic carbocycles. The van der Waals surface area contributed by atoms with Gasteiger partial charge in [0.05, 0.1) is 0 Å². The van der Waals surface area contributed by atoms with Crippen LogP contribution in [0.15, 0.2) is 42.5 Å². The van der Waals surface area contributed by atoms with Gasteiger partial charge < -0.3 is 14.6 Å². The fourth-order valence-corrected chi connectivity index (χ4v) is 2.14. The molecule has 1 N–H and O–H groups in total. The van der Waals surface area contributed by atoms with Crippen LogP contribution < -0.4 is 9.47 Å². The molecule has 1 aliphatic rings. The van der Waals surface area contributed by atoms with Crippen molar-refractivity contribution in [2.75, 3.05) is 6.61 Å². The largest absolute Gasteiger partial charge is 0.486 e. The second-order valence-corrected chi connectivity index (χ2v) is 4.50. The van der Waals surface area contributed by atoms with Gasteiger partial charge in [-0.2, -0.15) is 0 Å². The Balaban J connectivity index is 1.86. The molecule has 1 aliphatic heterocycles. The summed E-state index contributed by atoms with van der Waals surface area (Å²) in [6.07, 6.45) is -2.10. The lowest BCUT2D eigenvalue weighted by Crippen LogP contribution is -2.35. The van der Waals surface area contributed by atoms with E-state index in [9.17, 15) is 13.9 Å². The number of ether oxygens (including phenoxy) is 2. The molecule has 0 radical (unpaired) electrons. The van der Waals surface area contributed by atoms with Gasteiger partial charge in [-0.3, -0.25) is 0 Å². The van der Waals surface area contributed by atoms with E-state index in [-0.39, 0.29) is 12.2 Å². The first kappa shape index (κ1) is 12.9. The number of hydrogen-bond donors (Lipinski definition) is 1. The molecule has 0 saturated carbocycles. The molecule has 2 atom stereocenters. The maximum absolute atomic E-state index is 13.7. The fourth-order valence-electron chi connectivity index (χ4n) is 2.14. The summed E-state index contributed by atoms with van der Waals surface area (Å²) in [4.78, 5) is 0. The molecule has 3 nitrogen and oxygen atoms in total. The molecule has 2 aromatic carbocycles. The molecule has 0 saturated heterocycles. The van der Waals surface area contributed by atoms with E-state index in [0.29, 0.717) is 11.5 Å². The van der Waals surface area contributed by atoms with Crippen LogP contribution in [0.5, 0.6) is 11.5 Å². The average molecular weight is 278 g/mol. The lowest BCUT2D eigenvalue weighted by Gasteiger charge is -2.29. The summed E-state index contributed by atoms with van der Waals surface area (Å²) in [5.41, 5.74) is -0.141. The number of benzene rings is 2. The van der Waals surface area contributed by atoms with Gasteiger partial charge in [-0.05, 0) is 18.2 Å². The third kappa shape index (κ3) is 2.20. The van der Waals surface area contributed by atoms with E-state index in [1.165, 1.54) is 12.1 Å². The maximum Gasteiger partial charge on any atom is 0.164 e. The van der Waals surface area contributed by atoms with Crippen molar-refractivity contribution < 1.29 is 23.4 Å². The van der Waals surface area contributed by atoms with Crippen LogP contribution in [-0.4, -0.2) is 17.8 Å². The van der Waals surface area contributed by atoms with Crippen LogP contribution >= 0.6 is 0 Å². The predicted octanol–water partition coefficient (Wildman–Crippen LogP) is 2.84. The van der Waals surface area contributed by atoms with Crippen molar-refractivity contribution >= 4 is 0 Å². The third-order valence-electron chi connectivity index (χ3n) is 3.18. The van der Waals surface area contributed by atoms with Crippen LogP contribution in [0.1, 0.15) is 11.7 Å². The number of hydrogen-bond acceptors (Lipinski definition) is 3. The lowest BCUT2D eigenvalue weighted by molar-refractivity contribution is -0.0131. The second-order valence-electron chi connectivity index (χ2n) is 4.50. The molecule has 0 bridgehead atoms. The zero-order chi connectivity index (χ0) is 14.1. The molecule has 0 aromatic heterocycles. The molecule has 3 rings (SSSR count). The number of para-hydroxylation sites is 2. The third-order valence-corrected chi connectivity index (χ3v) is 3.18. The van der Waals surface area contributed by atoms with Gasteiger partial charge in [0.25, 0.3) is 0 Å². The van der Waals surface area contributed by atoms with Crippen molar-refractivity contribution in [3.63, 3.8) is 0 Å². The van der Waals surface area contributed by atoms with E-state index in [0.717, 1.165) is 6.07 Å². The van der Waals surface area contributed by atoms with Crippen LogP contribution in [0.25, 0.3) is 0 Å². The highest BCUT2D eigenvalue weighted by atomic mass is 19.2. The molecular formula is C15H12F2O3. The highest BCUT2D eigenvalue weighted by molar-refractivity contribution is 5.41. The molecule has 0 spiro atoms. The van der Waals surface area contributed by atoms with E-state index in [2.05, 4.69) is 0 Å². The van der Waals surface area contributed by atoms with Crippen LogP contribution in [-0.2, 0) is 0 Å². The Bertz CT molecular complexity index is 630. The molecule has 20 heavy (non-hydrogen) atoms. The number of fused-ring (bicyclic) bond motifs is 1. The quantitative estimate of drug-likeness (QED) is 0.918. The fraction of sp³-hybridized carbons (Fsp3) is 0.200. The first-order valence-electron chi connectivity index (χ1n) is 6.17. The summed E-state index contributed by atoms with van der Waals surface area (Å²) in [6, 6.07) is 10.7. The van der Waals surface area contributed by atoms with E-state index in [1.54, 1.807) is 24.3 Å². The van der Waals surface area contributed by atoms with Gasteiger partial charge in [0, 0.05) is 5.56 Å². The van der Waals surface area contributed by atoms with Crippen molar-refractivity contribution in [1.29, 1.82) is 0 Å². The Morgan fingerprint density at radius 3 is 2.60 bits per heavy atom. The van der Waals surface area contributed by atoms with Gasteiger partial charge in [0.2, 0.25) is 0 Å². The highest BCUT2D eigenvalue weighted by Gasteiger charge is 2.30. The summed E-state index contributed by atoms with van der Waals surface area (Å²) in [5, 5.41) is 10.2. The minimum Gasteiger partial charge on any atom is -0.486 e. The van der Waals surface area contributed by atoms with Crippen LogP contribution in [0.2, 0.25) is 0 Å². The van der Waals surface area contributed by atoms with Crippen molar-refractivity contribution in [2.45, 2.75) is 12.2 Å². The smallest absolute Gasteiger partial charge is 0.164 e. The normalized spacial score (nSPS) is 18.6. The topological polar surface area (TPSA) is 38.7 Å². The van der Waals surface area contributed by atoms with Crippen molar-refractivity contribution in [1.82, 2.24) is 0 Å². The molecule has 104 valence electrons. The predicted molar refractivity (Wildman–Crippen MR) is 67.7 cm³/mol. The van der Waals surface area contributed by atoms with E-state index >= 15 is 0 Å². The summed E-state index contributed by atoms with van der Waals surface area (Å²) in [7, 11) is 0. The number of halogens is 2. The molecule has 2 unspecified atom stereocenters. The Morgan fingerprint density at radius 2 is 1.80 bits per heavy atom. The van der Waals surface area contributed by atoms with E-state index < -0.39 is 23.8 Å². The minimum atomic E-state index is -1.31. The van der Waals surface area contributed by atoms with Gasteiger partial charge in [0.1, 0.15) is 12.7 Å². The van der Waals surface area contributed by atoms with Crippen molar-refractivity contribution in [3.05, 3.63) is 59.7 Å². The lowest BCUT2D eigenvalue weighted by atomic mass is 10.0. The number of rotatable bonds is 2. The highest BCUT2D eigenvalue weighted by Crippen LogP contribution is 2.34. The second kappa shape index (κ2) is 5.09. The molecular weight excluding hydrogens is 266 g/mol. The van der Waals surface area contributed by atoms with Gasteiger partial charge in [-0.1, -0.05) is 24.3 Å². The minimum absolute atomic E-state index is 0.0636. The monoisotopic (exact) mass is 278 g/mol. The standard InChI is InChI=1S/C15H12F2O3/c16-10-5-3-4-9(14(10)17)15(18)13-8-19-11-6-1-2-7-12(11)20-13/h1-7,13,15,18H,8H2. The van der Waals surface area contributed by atoms with Crippen molar-refractivity contribution in [3.8, 4) is 11.5 Å². The van der Waals surface area contributed by atoms with Crippen LogP contribution in [0.3, 0.4) is 0 Å². The first-order chi connectivity index (χ1) is 9.66. The Morgan fingerprint density at radius 1 is 1.05 bits per heavy atom. The van der Waals surface area contributed by atoms with Crippen molar-refractivity contribution in [2.24, 2.45) is 0 Å². The van der Waals surface area contributed by atoms with Gasteiger partial charge in [0.15, 0.2) is 29.2 Å². The molecule has 5 heteroatoms. The van der Waals surface area contributed by atoms with Gasteiger partial charge >= 0.3 is 0 Å². The average Bonchev–Trinajstić information content (AvgIpc) is 2.49. The summed E-state index contributed by atoms with van der Waals surface area (Å²) in [5.74, 6) is -1.03. The van der Waals surface area contributed by atoms with Crippen LogP contribution in [0, 0.1) is 11.6 Å². The zero-order valence-electron chi connectivity index (χ0n) is 10.4. The number of aliphatic hydroxyl groups is 1. The molecule has 0 fully saturated rings. The molecule has 1 heterocycles. The number of aliphatic hydroxyl groups excluding tert-OH is 1. The molecule has 2 aromatic rings. The first-order valence-corrected chi connectivity index (χ1v) is 6.17. The summed E-state index contributed by atoms with van der Waals surface area (Å²) >= 11 is 0. The van der Waals surface area contributed by atoms with E-state index in [1.807, 2.05) is 0 Å². The Kier molecular flexibility index (Phi) is 3.28. The SMILES string of the molecule is OC(c1cccc(F)c1F)C1COc2ccccc2O1.